The van der Waals surface area contributed by atoms with E-state index >= 15 is 0 Å². The lowest BCUT2D eigenvalue weighted by molar-refractivity contribution is -0.141. The Morgan fingerprint density at radius 1 is 1.33 bits per heavy atom. The fourth-order valence-corrected chi connectivity index (χ4v) is 3.91. The van der Waals surface area contributed by atoms with E-state index in [9.17, 15) is 4.79 Å². The van der Waals surface area contributed by atoms with Gasteiger partial charge in [0.05, 0.1) is 5.60 Å². The van der Waals surface area contributed by atoms with Gasteiger partial charge in [0.2, 0.25) is 0 Å². The number of rotatable bonds is 3. The van der Waals surface area contributed by atoms with E-state index in [1.165, 1.54) is 25.7 Å². The summed E-state index contributed by atoms with van der Waals surface area (Å²) in [7, 11) is 0. The molecule has 2 aliphatic heterocycles. The zero-order valence-corrected chi connectivity index (χ0v) is 11.4. The summed E-state index contributed by atoms with van der Waals surface area (Å²) in [4.78, 5) is 12.6. The van der Waals surface area contributed by atoms with Crippen molar-refractivity contribution in [1.82, 2.24) is 5.32 Å². The van der Waals surface area contributed by atoms with Crippen LogP contribution < -0.4 is 5.32 Å². The molecule has 2 heterocycles. The fraction of sp³-hybridized carbons (Fsp3) is 0.933. The molecule has 3 aliphatic rings. The van der Waals surface area contributed by atoms with E-state index in [4.69, 9.17) is 4.74 Å². The summed E-state index contributed by atoms with van der Waals surface area (Å²) in [6.07, 6.45) is 6.86. The molecule has 0 aromatic carbocycles. The predicted octanol–water partition coefficient (Wildman–Crippen LogP) is 2.15. The molecule has 3 fully saturated rings. The van der Waals surface area contributed by atoms with Gasteiger partial charge in [-0.25, -0.2) is 0 Å². The highest BCUT2D eigenvalue weighted by Gasteiger charge is 2.43. The van der Waals surface area contributed by atoms with Crippen LogP contribution >= 0.6 is 0 Å². The number of nitrogens with one attached hydrogen (secondary N) is 1. The maximum Gasteiger partial charge on any atom is 0.139 e. The van der Waals surface area contributed by atoms with Gasteiger partial charge in [-0.3, -0.25) is 4.79 Å². The molecule has 0 aromatic rings. The Morgan fingerprint density at radius 2 is 2.06 bits per heavy atom. The Kier molecular flexibility index (Phi) is 3.46. The van der Waals surface area contributed by atoms with Gasteiger partial charge in [-0.15, -0.1) is 0 Å². The summed E-state index contributed by atoms with van der Waals surface area (Å²) in [6, 6.07) is 0. The molecule has 2 unspecified atom stereocenters. The van der Waals surface area contributed by atoms with Crippen LogP contribution in [-0.2, 0) is 9.53 Å². The van der Waals surface area contributed by atoms with Crippen molar-refractivity contribution in [2.75, 3.05) is 19.7 Å². The molecule has 1 N–H and O–H groups in total. The summed E-state index contributed by atoms with van der Waals surface area (Å²) >= 11 is 0. The number of hydrogen-bond acceptors (Lipinski definition) is 3. The average molecular weight is 251 g/mol. The summed E-state index contributed by atoms with van der Waals surface area (Å²) in [5.41, 5.74) is 0.0795. The molecule has 0 aromatic heterocycles. The average Bonchev–Trinajstić information content (AvgIpc) is 2.74. The number of ether oxygens (including phenoxy) is 1. The molecule has 0 amide bonds. The van der Waals surface area contributed by atoms with Crippen LogP contribution in [0.25, 0.3) is 0 Å². The first-order valence-electron chi connectivity index (χ1n) is 7.59. The van der Waals surface area contributed by atoms with E-state index in [-0.39, 0.29) is 17.4 Å². The Morgan fingerprint density at radius 3 is 2.67 bits per heavy atom. The maximum absolute atomic E-state index is 12.6. The van der Waals surface area contributed by atoms with Crippen molar-refractivity contribution in [3.05, 3.63) is 0 Å². The lowest BCUT2D eigenvalue weighted by Crippen LogP contribution is -2.49. The predicted molar refractivity (Wildman–Crippen MR) is 70.4 cm³/mol. The number of ketones is 1. The van der Waals surface area contributed by atoms with Crippen molar-refractivity contribution >= 4 is 5.78 Å². The SMILES string of the molecule is CC(C(=O)C1CCOC2(CCCC2)C1)C1CNC1. The molecule has 2 saturated heterocycles. The minimum absolute atomic E-state index is 0.0795. The second kappa shape index (κ2) is 4.93. The molecule has 3 heteroatoms. The summed E-state index contributed by atoms with van der Waals surface area (Å²) in [6.45, 7) is 4.99. The normalized spacial score (nSPS) is 33.3. The number of carbonyl (C=O) groups excluding carboxylic acids is 1. The van der Waals surface area contributed by atoms with Crippen molar-refractivity contribution in [2.24, 2.45) is 17.8 Å². The van der Waals surface area contributed by atoms with E-state index in [2.05, 4.69) is 12.2 Å². The molecule has 3 nitrogen and oxygen atoms in total. The van der Waals surface area contributed by atoms with Crippen LogP contribution in [0.1, 0.15) is 45.4 Å². The Labute approximate surface area is 110 Å². The van der Waals surface area contributed by atoms with Gasteiger partial charge in [0.25, 0.3) is 0 Å². The monoisotopic (exact) mass is 251 g/mol. The van der Waals surface area contributed by atoms with Crippen molar-refractivity contribution in [3.8, 4) is 0 Å². The van der Waals surface area contributed by atoms with E-state index in [1.54, 1.807) is 0 Å². The van der Waals surface area contributed by atoms with Crippen LogP contribution in [0, 0.1) is 17.8 Å². The molecule has 0 radical (unpaired) electrons. The lowest BCUT2D eigenvalue weighted by Gasteiger charge is -2.40. The van der Waals surface area contributed by atoms with E-state index in [0.29, 0.717) is 11.7 Å². The number of carbonyl (C=O) groups is 1. The van der Waals surface area contributed by atoms with Crippen molar-refractivity contribution in [1.29, 1.82) is 0 Å². The van der Waals surface area contributed by atoms with Crippen molar-refractivity contribution in [2.45, 2.75) is 51.0 Å². The maximum atomic E-state index is 12.6. The van der Waals surface area contributed by atoms with Crippen LogP contribution in [0.2, 0.25) is 0 Å². The van der Waals surface area contributed by atoms with Gasteiger partial charge in [0.15, 0.2) is 0 Å². The quantitative estimate of drug-likeness (QED) is 0.835. The smallest absolute Gasteiger partial charge is 0.139 e. The van der Waals surface area contributed by atoms with Crippen LogP contribution in [0.15, 0.2) is 0 Å². The van der Waals surface area contributed by atoms with Crippen molar-refractivity contribution in [3.63, 3.8) is 0 Å². The van der Waals surface area contributed by atoms with Crippen LogP contribution in [0.3, 0.4) is 0 Å². The van der Waals surface area contributed by atoms with Crippen molar-refractivity contribution < 1.29 is 9.53 Å². The largest absolute Gasteiger partial charge is 0.375 e. The molecule has 1 saturated carbocycles. The molecule has 1 aliphatic carbocycles. The van der Waals surface area contributed by atoms with E-state index in [0.717, 1.165) is 32.5 Å². The molecule has 2 atom stereocenters. The van der Waals surface area contributed by atoms with E-state index < -0.39 is 0 Å². The van der Waals surface area contributed by atoms with Gasteiger partial charge in [-0.2, -0.15) is 0 Å². The topological polar surface area (TPSA) is 38.3 Å². The highest BCUT2D eigenvalue weighted by atomic mass is 16.5. The zero-order valence-electron chi connectivity index (χ0n) is 11.4. The molecule has 1 spiro atoms. The fourth-order valence-electron chi connectivity index (χ4n) is 3.91. The molecular formula is C15H25NO2. The Hall–Kier alpha value is -0.410. The van der Waals surface area contributed by atoms with Crippen LogP contribution in [0.5, 0.6) is 0 Å². The molecular weight excluding hydrogens is 226 g/mol. The highest BCUT2D eigenvalue weighted by molar-refractivity contribution is 5.83. The standard InChI is InChI=1S/C15H25NO2/c1-11(13-9-16-10-13)14(17)12-4-7-18-15(8-12)5-2-3-6-15/h11-13,16H,2-10H2,1H3. The van der Waals surface area contributed by atoms with Crippen LogP contribution in [-0.4, -0.2) is 31.1 Å². The summed E-state index contributed by atoms with van der Waals surface area (Å²) in [5.74, 6) is 1.61. The van der Waals surface area contributed by atoms with Gasteiger partial charge in [0.1, 0.15) is 5.78 Å². The van der Waals surface area contributed by atoms with Gasteiger partial charge in [-0.1, -0.05) is 19.8 Å². The lowest BCUT2D eigenvalue weighted by atomic mass is 9.75. The van der Waals surface area contributed by atoms with E-state index in [1.807, 2.05) is 0 Å². The first-order valence-corrected chi connectivity index (χ1v) is 7.59. The Bertz CT molecular complexity index is 318. The number of hydrogen-bond donors (Lipinski definition) is 1. The second-order valence-corrected chi connectivity index (χ2v) is 6.54. The third-order valence-corrected chi connectivity index (χ3v) is 5.38. The first kappa shape index (κ1) is 12.6. The zero-order chi connectivity index (χ0) is 12.6. The molecule has 18 heavy (non-hydrogen) atoms. The third kappa shape index (κ3) is 2.23. The van der Waals surface area contributed by atoms with Gasteiger partial charge in [0, 0.05) is 18.4 Å². The summed E-state index contributed by atoms with van der Waals surface area (Å²) in [5, 5.41) is 3.27. The second-order valence-electron chi connectivity index (χ2n) is 6.54. The van der Waals surface area contributed by atoms with Gasteiger partial charge < -0.3 is 10.1 Å². The molecule has 0 bridgehead atoms. The number of Topliss-reactive ketones (excluding diaryl/α,β-unsaturated/α-hetero) is 1. The minimum Gasteiger partial charge on any atom is -0.375 e. The van der Waals surface area contributed by atoms with Crippen LogP contribution in [0.4, 0.5) is 0 Å². The first-order chi connectivity index (χ1) is 8.70. The minimum atomic E-state index is 0.0795. The molecule has 102 valence electrons. The third-order valence-electron chi connectivity index (χ3n) is 5.38. The summed E-state index contributed by atoms with van der Waals surface area (Å²) < 4.78 is 6.02. The highest BCUT2D eigenvalue weighted by Crippen LogP contribution is 2.43. The molecule has 3 rings (SSSR count). The van der Waals surface area contributed by atoms with Gasteiger partial charge in [-0.05, 0) is 44.7 Å². The van der Waals surface area contributed by atoms with Gasteiger partial charge >= 0.3 is 0 Å². The Balaban J connectivity index is 1.62.